The molecule has 9 nitrogen and oxygen atoms in total. The smallest absolute Gasteiger partial charge is 0.329 e. The van der Waals surface area contributed by atoms with Gasteiger partial charge in [0.15, 0.2) is 0 Å². The Kier molecular flexibility index (Phi) is 7.29. The van der Waals surface area contributed by atoms with Crippen LogP contribution >= 0.6 is 0 Å². The number of esters is 1. The first kappa shape index (κ1) is 23.7. The number of methoxy groups -OCH3 is 1. The van der Waals surface area contributed by atoms with Gasteiger partial charge in [0.2, 0.25) is 0 Å². The van der Waals surface area contributed by atoms with Crippen LogP contribution in [0, 0.1) is 10.1 Å². The Morgan fingerprint density at radius 2 is 1.70 bits per heavy atom. The van der Waals surface area contributed by atoms with Crippen molar-refractivity contribution in [1.82, 2.24) is 0 Å². The molecule has 0 aliphatic rings. The molecule has 3 rings (SSSR count). The van der Waals surface area contributed by atoms with E-state index in [1.165, 1.54) is 31.2 Å². The molecule has 3 aromatic rings. The van der Waals surface area contributed by atoms with E-state index >= 15 is 0 Å². The Morgan fingerprint density at radius 1 is 1.03 bits per heavy atom. The summed E-state index contributed by atoms with van der Waals surface area (Å²) in [6.45, 7) is 1.53. The summed E-state index contributed by atoms with van der Waals surface area (Å²) in [5.41, 5.74) is 0.564. The lowest BCUT2D eigenvalue weighted by molar-refractivity contribution is -0.385. The molecule has 0 aromatic heterocycles. The topological polar surface area (TPSA) is 116 Å². The molecule has 0 amide bonds. The van der Waals surface area contributed by atoms with Gasteiger partial charge in [-0.1, -0.05) is 48.5 Å². The van der Waals surface area contributed by atoms with Gasteiger partial charge in [-0.3, -0.25) is 10.1 Å². The number of rotatable bonds is 9. The van der Waals surface area contributed by atoms with E-state index in [4.69, 9.17) is 9.47 Å². The first-order valence-electron chi connectivity index (χ1n) is 9.88. The van der Waals surface area contributed by atoms with Crippen LogP contribution in [0.1, 0.15) is 12.5 Å². The number of hydrogen-bond acceptors (Lipinski definition) is 7. The van der Waals surface area contributed by atoms with Crippen molar-refractivity contribution >= 4 is 27.4 Å². The third-order valence-corrected chi connectivity index (χ3v) is 6.70. The van der Waals surface area contributed by atoms with Crippen LogP contribution in [-0.4, -0.2) is 32.5 Å². The van der Waals surface area contributed by atoms with Crippen molar-refractivity contribution in [3.63, 3.8) is 0 Å². The van der Waals surface area contributed by atoms with Gasteiger partial charge in [0.05, 0.1) is 22.6 Å². The van der Waals surface area contributed by atoms with Crippen LogP contribution in [-0.2, 0) is 26.2 Å². The van der Waals surface area contributed by atoms with Crippen LogP contribution in [0.5, 0.6) is 5.75 Å². The molecule has 33 heavy (non-hydrogen) atoms. The molecule has 0 bridgehead atoms. The molecular weight excluding hydrogens is 448 g/mol. The monoisotopic (exact) mass is 470 g/mol. The number of anilines is 1. The van der Waals surface area contributed by atoms with E-state index < -0.39 is 32.6 Å². The van der Waals surface area contributed by atoms with E-state index in [1.807, 2.05) is 30.3 Å². The summed E-state index contributed by atoms with van der Waals surface area (Å²) in [7, 11) is -3.27. The fraction of sp³-hybridized carbons (Fsp3) is 0.174. The SMILES string of the molecule is COC(=O)[C@H](C)N(c1ccccc1OCc1ccccc1)S(=O)(=O)c1cccc([N+](=O)[O-])c1. The number of carbonyl (C=O) groups is 1. The maximum atomic E-state index is 13.6. The molecule has 0 aliphatic carbocycles. The lowest BCUT2D eigenvalue weighted by Gasteiger charge is -2.30. The van der Waals surface area contributed by atoms with Crippen molar-refractivity contribution in [2.24, 2.45) is 0 Å². The minimum absolute atomic E-state index is 0.0952. The average molecular weight is 471 g/mol. The fourth-order valence-electron chi connectivity index (χ4n) is 3.18. The van der Waals surface area contributed by atoms with Gasteiger partial charge in [-0.05, 0) is 30.7 Å². The highest BCUT2D eigenvalue weighted by Crippen LogP contribution is 2.35. The first-order valence-corrected chi connectivity index (χ1v) is 11.3. The highest BCUT2D eigenvalue weighted by Gasteiger charge is 2.36. The predicted octanol–water partition coefficient (Wildman–Crippen LogP) is 3.93. The zero-order valence-corrected chi connectivity index (χ0v) is 18.8. The van der Waals surface area contributed by atoms with Gasteiger partial charge in [-0.2, -0.15) is 0 Å². The number of benzene rings is 3. The molecule has 172 valence electrons. The largest absolute Gasteiger partial charge is 0.487 e. The second kappa shape index (κ2) is 10.1. The number of non-ortho nitro benzene ring substituents is 1. The average Bonchev–Trinajstić information content (AvgIpc) is 2.83. The molecule has 0 N–H and O–H groups in total. The summed E-state index contributed by atoms with van der Waals surface area (Å²) in [4.78, 5) is 22.5. The van der Waals surface area contributed by atoms with Crippen molar-refractivity contribution in [3.8, 4) is 5.75 Å². The number of ether oxygens (including phenoxy) is 2. The molecule has 0 saturated carbocycles. The second-order valence-electron chi connectivity index (χ2n) is 7.00. The summed E-state index contributed by atoms with van der Waals surface area (Å²) < 4.78 is 38.8. The Hall–Kier alpha value is -3.92. The third-order valence-electron chi connectivity index (χ3n) is 4.82. The molecule has 10 heteroatoms. The first-order chi connectivity index (χ1) is 15.8. The van der Waals surface area contributed by atoms with Gasteiger partial charge in [0.1, 0.15) is 18.4 Å². The highest BCUT2D eigenvalue weighted by molar-refractivity contribution is 7.93. The minimum Gasteiger partial charge on any atom is -0.487 e. The van der Waals surface area contributed by atoms with Gasteiger partial charge in [-0.25, -0.2) is 17.5 Å². The second-order valence-corrected chi connectivity index (χ2v) is 8.81. The molecule has 3 aromatic carbocycles. The molecule has 0 saturated heterocycles. The molecular formula is C23H22N2O7S. The Morgan fingerprint density at radius 3 is 2.36 bits per heavy atom. The quantitative estimate of drug-likeness (QED) is 0.264. The third kappa shape index (κ3) is 5.29. The summed E-state index contributed by atoms with van der Waals surface area (Å²) in [5.74, 6) is -0.590. The van der Waals surface area contributed by atoms with Crippen LogP contribution in [0.2, 0.25) is 0 Å². The lowest BCUT2D eigenvalue weighted by Crippen LogP contribution is -2.44. The molecule has 0 aliphatic heterocycles. The Balaban J connectivity index is 2.10. The summed E-state index contributed by atoms with van der Waals surface area (Å²) in [5, 5.41) is 11.2. The van der Waals surface area contributed by atoms with Gasteiger partial charge in [0, 0.05) is 12.1 Å². The van der Waals surface area contributed by atoms with Gasteiger partial charge in [-0.15, -0.1) is 0 Å². The standard InChI is InChI=1S/C23H22N2O7S/c1-17(23(26)31-2)24(33(29,30)20-12-8-11-19(15-20)25(27)28)21-13-6-7-14-22(21)32-16-18-9-4-3-5-10-18/h3-15,17H,16H2,1-2H3/t17-/m0/s1. The van der Waals surface area contributed by atoms with E-state index in [1.54, 1.807) is 18.2 Å². The molecule has 0 fully saturated rings. The number of nitro benzene ring substituents is 1. The molecule has 0 unspecified atom stereocenters. The molecule has 0 radical (unpaired) electrons. The zero-order valence-electron chi connectivity index (χ0n) is 18.0. The van der Waals surface area contributed by atoms with Crippen LogP contribution in [0.15, 0.2) is 83.8 Å². The normalized spacial score (nSPS) is 11.9. The molecule has 0 spiro atoms. The highest BCUT2D eigenvalue weighted by atomic mass is 32.2. The fourth-order valence-corrected chi connectivity index (χ4v) is 4.84. The predicted molar refractivity (Wildman–Crippen MR) is 121 cm³/mol. The Labute approximate surface area is 191 Å². The number of nitro groups is 1. The van der Waals surface area contributed by atoms with Crippen molar-refractivity contribution in [1.29, 1.82) is 0 Å². The van der Waals surface area contributed by atoms with Crippen molar-refractivity contribution in [2.75, 3.05) is 11.4 Å². The van der Waals surface area contributed by atoms with Crippen LogP contribution in [0.3, 0.4) is 0 Å². The van der Waals surface area contributed by atoms with Crippen LogP contribution in [0.25, 0.3) is 0 Å². The molecule has 1 atom stereocenters. The summed E-state index contributed by atoms with van der Waals surface area (Å²) in [6, 6.07) is 19.0. The van der Waals surface area contributed by atoms with Gasteiger partial charge in [0.25, 0.3) is 15.7 Å². The van der Waals surface area contributed by atoms with Crippen molar-refractivity contribution in [3.05, 3.63) is 94.5 Å². The number of para-hydroxylation sites is 2. The zero-order chi connectivity index (χ0) is 24.0. The minimum atomic E-state index is -4.42. The van der Waals surface area contributed by atoms with Gasteiger partial charge < -0.3 is 9.47 Å². The van der Waals surface area contributed by atoms with E-state index in [-0.39, 0.29) is 22.9 Å². The Bertz CT molecular complexity index is 1250. The number of sulfonamides is 1. The number of nitrogens with zero attached hydrogens (tertiary/aromatic N) is 2. The number of carbonyl (C=O) groups excluding carboxylic acids is 1. The lowest BCUT2D eigenvalue weighted by atomic mass is 10.2. The summed E-state index contributed by atoms with van der Waals surface area (Å²) in [6.07, 6.45) is 0. The number of hydrogen-bond donors (Lipinski definition) is 0. The van der Waals surface area contributed by atoms with E-state index in [9.17, 15) is 23.3 Å². The van der Waals surface area contributed by atoms with Crippen LogP contribution < -0.4 is 9.04 Å². The maximum Gasteiger partial charge on any atom is 0.329 e. The van der Waals surface area contributed by atoms with Crippen molar-refractivity contribution in [2.45, 2.75) is 24.5 Å². The van der Waals surface area contributed by atoms with E-state index in [2.05, 4.69) is 0 Å². The molecule has 0 heterocycles. The van der Waals surface area contributed by atoms with Crippen molar-refractivity contribution < 1.29 is 27.6 Å². The van der Waals surface area contributed by atoms with Gasteiger partial charge >= 0.3 is 5.97 Å². The van der Waals surface area contributed by atoms with E-state index in [0.29, 0.717) is 0 Å². The van der Waals surface area contributed by atoms with E-state index in [0.717, 1.165) is 23.0 Å². The summed E-state index contributed by atoms with van der Waals surface area (Å²) >= 11 is 0. The van der Waals surface area contributed by atoms with Crippen LogP contribution in [0.4, 0.5) is 11.4 Å². The maximum absolute atomic E-state index is 13.6.